The third kappa shape index (κ3) is 4.93. The van der Waals surface area contributed by atoms with E-state index in [1.165, 1.54) is 4.90 Å². The Kier molecular flexibility index (Phi) is 5.96. The number of nitrogens with zero attached hydrogens (tertiary/aromatic N) is 2. The van der Waals surface area contributed by atoms with Gasteiger partial charge in [0.15, 0.2) is 9.84 Å². The number of sulfone groups is 1. The number of hydrogen-bond acceptors (Lipinski definition) is 5. The predicted molar refractivity (Wildman–Crippen MR) is 73.6 cm³/mol. The van der Waals surface area contributed by atoms with Gasteiger partial charge in [0, 0.05) is 26.2 Å². The van der Waals surface area contributed by atoms with Crippen molar-refractivity contribution in [2.24, 2.45) is 0 Å². The zero-order valence-electron chi connectivity index (χ0n) is 11.3. The minimum atomic E-state index is -2.99. The first-order valence-electron chi connectivity index (χ1n) is 6.30. The number of carbonyl (C=O) groups excluding carboxylic acids is 1. The molecule has 6 nitrogen and oxygen atoms in total. The number of aliphatic hydroxyl groups is 1. The lowest BCUT2D eigenvalue weighted by Gasteiger charge is -2.27. The summed E-state index contributed by atoms with van der Waals surface area (Å²) < 4.78 is 22.8. The summed E-state index contributed by atoms with van der Waals surface area (Å²) in [7, 11) is -1.35. The number of rotatable bonds is 7. The molecule has 19 heavy (non-hydrogen) atoms. The van der Waals surface area contributed by atoms with Crippen LogP contribution in [0.5, 0.6) is 0 Å². The first-order valence-corrected chi connectivity index (χ1v) is 8.12. The molecule has 0 radical (unpaired) electrons. The summed E-state index contributed by atoms with van der Waals surface area (Å²) >= 11 is 0. The second-order valence-electron chi connectivity index (χ2n) is 4.81. The van der Waals surface area contributed by atoms with Crippen molar-refractivity contribution in [3.8, 4) is 0 Å². The van der Waals surface area contributed by atoms with E-state index in [1.807, 2.05) is 0 Å². The van der Waals surface area contributed by atoms with Crippen LogP contribution in [-0.2, 0) is 14.6 Å². The smallest absolute Gasteiger partial charge is 0.236 e. The molecular formula is C12H22N2O4S. The van der Waals surface area contributed by atoms with Crippen LogP contribution in [0, 0.1) is 0 Å². The van der Waals surface area contributed by atoms with Gasteiger partial charge in [-0.3, -0.25) is 9.69 Å². The van der Waals surface area contributed by atoms with Gasteiger partial charge >= 0.3 is 0 Å². The van der Waals surface area contributed by atoms with Crippen LogP contribution in [0.2, 0.25) is 0 Å². The minimum Gasteiger partial charge on any atom is -0.395 e. The van der Waals surface area contributed by atoms with Gasteiger partial charge in [-0.15, -0.1) is 6.58 Å². The van der Waals surface area contributed by atoms with E-state index in [1.54, 1.807) is 18.0 Å². The molecule has 0 bridgehead atoms. The van der Waals surface area contributed by atoms with Gasteiger partial charge in [-0.05, 0) is 6.42 Å². The van der Waals surface area contributed by atoms with Gasteiger partial charge < -0.3 is 10.0 Å². The molecule has 1 N–H and O–H groups in total. The van der Waals surface area contributed by atoms with Crippen molar-refractivity contribution in [3.63, 3.8) is 0 Å². The van der Waals surface area contributed by atoms with Crippen LogP contribution < -0.4 is 0 Å². The third-order valence-electron chi connectivity index (χ3n) is 3.31. The molecule has 0 aromatic rings. The average molecular weight is 290 g/mol. The van der Waals surface area contributed by atoms with Gasteiger partial charge in [-0.25, -0.2) is 8.42 Å². The fourth-order valence-corrected chi connectivity index (χ4v) is 3.92. The summed E-state index contributed by atoms with van der Waals surface area (Å²) in [5.41, 5.74) is 0. The van der Waals surface area contributed by atoms with E-state index < -0.39 is 9.84 Å². The zero-order chi connectivity index (χ0) is 14.5. The summed E-state index contributed by atoms with van der Waals surface area (Å²) in [6.07, 6.45) is 2.18. The van der Waals surface area contributed by atoms with Crippen LogP contribution in [0.1, 0.15) is 6.42 Å². The predicted octanol–water partition coefficient (Wildman–Crippen LogP) is -0.888. The van der Waals surface area contributed by atoms with Crippen LogP contribution in [-0.4, -0.2) is 80.1 Å². The normalized spacial score (nSPS) is 21.5. The van der Waals surface area contributed by atoms with Gasteiger partial charge in [0.25, 0.3) is 0 Å². The van der Waals surface area contributed by atoms with Crippen LogP contribution >= 0.6 is 0 Å². The number of hydrogen-bond donors (Lipinski definition) is 1. The maximum atomic E-state index is 12.1. The SMILES string of the molecule is C=CCN(CCO)CC(=O)N(C)C1CCS(=O)(=O)C1. The molecule has 1 rings (SSSR count). The largest absolute Gasteiger partial charge is 0.395 e. The summed E-state index contributed by atoms with van der Waals surface area (Å²) in [5.74, 6) is 0.0799. The van der Waals surface area contributed by atoms with Gasteiger partial charge in [0.1, 0.15) is 0 Å². The Morgan fingerprint density at radius 2 is 2.21 bits per heavy atom. The zero-order valence-corrected chi connectivity index (χ0v) is 12.1. The van der Waals surface area contributed by atoms with Crippen molar-refractivity contribution < 1.29 is 18.3 Å². The molecule has 7 heteroatoms. The summed E-state index contributed by atoms with van der Waals surface area (Å²) in [4.78, 5) is 15.4. The van der Waals surface area contributed by atoms with Crippen LogP contribution in [0.15, 0.2) is 12.7 Å². The number of carbonyl (C=O) groups is 1. The standard InChI is InChI=1S/C12H22N2O4S/c1-3-5-14(6-7-15)9-12(16)13(2)11-4-8-19(17,18)10-11/h3,11,15H,1,4-10H2,2H3. The number of likely N-dealkylation sites (N-methyl/N-ethyl adjacent to an activating group) is 1. The fraction of sp³-hybridized carbons (Fsp3) is 0.750. The van der Waals surface area contributed by atoms with Crippen LogP contribution in [0.3, 0.4) is 0 Å². The van der Waals surface area contributed by atoms with Gasteiger partial charge in [-0.2, -0.15) is 0 Å². The molecule has 0 spiro atoms. The highest BCUT2D eigenvalue weighted by molar-refractivity contribution is 7.91. The van der Waals surface area contributed by atoms with E-state index in [-0.39, 0.29) is 36.6 Å². The lowest BCUT2D eigenvalue weighted by molar-refractivity contribution is -0.132. The molecule has 1 aliphatic rings. The van der Waals surface area contributed by atoms with Crippen molar-refractivity contribution in [1.82, 2.24) is 9.80 Å². The Hall–Kier alpha value is -0.920. The number of amides is 1. The Bertz CT molecular complexity index is 421. The maximum Gasteiger partial charge on any atom is 0.236 e. The second kappa shape index (κ2) is 7.02. The summed E-state index contributed by atoms with van der Waals surface area (Å²) in [6.45, 7) is 4.66. The third-order valence-corrected chi connectivity index (χ3v) is 5.06. The highest BCUT2D eigenvalue weighted by Gasteiger charge is 2.32. The van der Waals surface area contributed by atoms with E-state index in [4.69, 9.17) is 5.11 Å². The molecule has 1 heterocycles. The molecular weight excluding hydrogens is 268 g/mol. The molecule has 1 fully saturated rings. The monoisotopic (exact) mass is 290 g/mol. The minimum absolute atomic E-state index is 0.0252. The molecule has 1 atom stereocenters. The Morgan fingerprint density at radius 3 is 2.68 bits per heavy atom. The van der Waals surface area contributed by atoms with Crippen LogP contribution in [0.25, 0.3) is 0 Å². The Morgan fingerprint density at radius 1 is 1.53 bits per heavy atom. The molecule has 0 saturated carbocycles. The highest BCUT2D eigenvalue weighted by Crippen LogP contribution is 2.16. The molecule has 0 aromatic heterocycles. The van der Waals surface area contributed by atoms with Crippen molar-refractivity contribution in [3.05, 3.63) is 12.7 Å². The van der Waals surface area contributed by atoms with Crippen molar-refractivity contribution in [1.29, 1.82) is 0 Å². The Labute approximate surface area is 114 Å². The van der Waals surface area contributed by atoms with E-state index in [0.717, 1.165) is 0 Å². The average Bonchev–Trinajstić information content (AvgIpc) is 2.69. The van der Waals surface area contributed by atoms with Gasteiger partial charge in [0.05, 0.1) is 24.7 Å². The lowest BCUT2D eigenvalue weighted by atomic mass is 10.2. The van der Waals surface area contributed by atoms with Crippen molar-refractivity contribution in [2.75, 3.05) is 44.8 Å². The first kappa shape index (κ1) is 16.1. The molecule has 110 valence electrons. The van der Waals surface area contributed by atoms with E-state index in [2.05, 4.69) is 6.58 Å². The summed E-state index contributed by atoms with van der Waals surface area (Å²) in [6, 6.07) is -0.225. The van der Waals surface area contributed by atoms with Crippen molar-refractivity contribution in [2.45, 2.75) is 12.5 Å². The first-order chi connectivity index (χ1) is 8.89. The van der Waals surface area contributed by atoms with Crippen molar-refractivity contribution >= 4 is 15.7 Å². The Balaban J connectivity index is 2.54. The van der Waals surface area contributed by atoms with Gasteiger partial charge in [0.2, 0.25) is 5.91 Å². The lowest BCUT2D eigenvalue weighted by Crippen LogP contribution is -2.44. The molecule has 1 unspecified atom stereocenters. The molecule has 1 amide bonds. The van der Waals surface area contributed by atoms with E-state index in [9.17, 15) is 13.2 Å². The van der Waals surface area contributed by atoms with Crippen LogP contribution in [0.4, 0.5) is 0 Å². The van der Waals surface area contributed by atoms with E-state index in [0.29, 0.717) is 19.5 Å². The van der Waals surface area contributed by atoms with Gasteiger partial charge in [-0.1, -0.05) is 6.08 Å². The summed E-state index contributed by atoms with van der Waals surface area (Å²) in [5, 5.41) is 8.91. The molecule has 0 aromatic carbocycles. The molecule has 0 aliphatic carbocycles. The number of aliphatic hydroxyl groups excluding tert-OH is 1. The van der Waals surface area contributed by atoms with E-state index >= 15 is 0 Å². The fourth-order valence-electron chi connectivity index (χ4n) is 2.15. The second-order valence-corrected chi connectivity index (χ2v) is 7.04. The highest BCUT2D eigenvalue weighted by atomic mass is 32.2. The topological polar surface area (TPSA) is 77.9 Å². The quantitative estimate of drug-likeness (QED) is 0.616. The molecule has 1 saturated heterocycles. The molecule has 1 aliphatic heterocycles. The maximum absolute atomic E-state index is 12.1.